The monoisotopic (exact) mass is 299 g/mol. The number of hydrogen-bond acceptors (Lipinski definition) is 3. The summed E-state index contributed by atoms with van der Waals surface area (Å²) in [5.74, 6) is -0.659. The highest BCUT2D eigenvalue weighted by Crippen LogP contribution is 2.11. The minimum Gasteiger partial charge on any atom is -0.365 e. The van der Waals surface area contributed by atoms with E-state index >= 15 is 0 Å². The van der Waals surface area contributed by atoms with Gasteiger partial charge in [-0.2, -0.15) is 0 Å². The average Bonchev–Trinajstić information content (AvgIpc) is 2.25. The Balaban J connectivity index is 2.07. The Bertz CT molecular complexity index is 514. The topological polar surface area (TPSA) is 37.8 Å². The Morgan fingerprint density at radius 1 is 1.12 bits per heavy atom. The molecule has 1 aromatic heterocycles. The number of nitrogens with zero attached hydrogens (tertiary/aromatic N) is 2. The fourth-order valence-corrected chi connectivity index (χ4v) is 1.64. The molecule has 0 saturated carbocycles. The molecule has 0 aliphatic heterocycles. The lowest BCUT2D eigenvalue weighted by atomic mass is 10.2. The molecule has 0 radical (unpaired) electrons. The molecule has 0 aliphatic carbocycles. The number of halogens is 3. The molecule has 0 bridgehead atoms. The Morgan fingerprint density at radius 2 is 1.82 bits per heavy atom. The Kier molecular flexibility index (Phi) is 3.63. The largest absolute Gasteiger partial charge is 0.365 e. The number of aromatic nitrogens is 2. The van der Waals surface area contributed by atoms with Crippen LogP contribution in [0, 0.1) is 11.6 Å². The van der Waals surface area contributed by atoms with Crippen LogP contribution in [0.2, 0.25) is 0 Å². The molecule has 0 spiro atoms. The van der Waals surface area contributed by atoms with Crippen LogP contribution in [0.4, 0.5) is 14.6 Å². The van der Waals surface area contributed by atoms with E-state index in [1.54, 1.807) is 6.20 Å². The third-order valence-corrected chi connectivity index (χ3v) is 2.38. The Hall–Kier alpha value is -1.56. The van der Waals surface area contributed by atoms with Crippen molar-refractivity contribution in [3.8, 4) is 0 Å². The van der Waals surface area contributed by atoms with Crippen molar-refractivity contribution in [3.63, 3.8) is 0 Å². The van der Waals surface area contributed by atoms with Gasteiger partial charge in [0.25, 0.3) is 0 Å². The maximum Gasteiger partial charge on any atom is 0.146 e. The van der Waals surface area contributed by atoms with Crippen LogP contribution in [0.5, 0.6) is 0 Å². The highest BCUT2D eigenvalue weighted by molar-refractivity contribution is 9.10. The lowest BCUT2D eigenvalue weighted by molar-refractivity contribution is 0.580. The summed E-state index contributed by atoms with van der Waals surface area (Å²) in [5, 5.41) is 2.92. The van der Waals surface area contributed by atoms with E-state index in [1.165, 1.54) is 18.3 Å². The van der Waals surface area contributed by atoms with Crippen molar-refractivity contribution >= 4 is 21.7 Å². The molecule has 0 fully saturated rings. The number of rotatable bonds is 3. The second-order valence-electron chi connectivity index (χ2n) is 3.36. The first-order chi connectivity index (χ1) is 8.13. The lowest BCUT2D eigenvalue weighted by Crippen LogP contribution is -2.02. The minimum atomic E-state index is -0.595. The molecular formula is C11H8BrF2N3. The van der Waals surface area contributed by atoms with Crippen LogP contribution in [0.25, 0.3) is 0 Å². The molecule has 88 valence electrons. The van der Waals surface area contributed by atoms with Crippen LogP contribution >= 0.6 is 15.9 Å². The van der Waals surface area contributed by atoms with Crippen LogP contribution in [-0.4, -0.2) is 9.97 Å². The number of anilines is 1. The molecule has 0 saturated heterocycles. The first-order valence-electron chi connectivity index (χ1n) is 4.80. The van der Waals surface area contributed by atoms with E-state index in [-0.39, 0.29) is 6.54 Å². The van der Waals surface area contributed by atoms with Gasteiger partial charge < -0.3 is 5.32 Å². The molecule has 0 atom stereocenters. The van der Waals surface area contributed by atoms with Crippen molar-refractivity contribution in [3.05, 3.63) is 52.4 Å². The minimum absolute atomic E-state index is 0.278. The van der Waals surface area contributed by atoms with Gasteiger partial charge in [0.1, 0.15) is 22.1 Å². The van der Waals surface area contributed by atoms with Gasteiger partial charge in [-0.05, 0) is 33.6 Å². The van der Waals surface area contributed by atoms with Crippen LogP contribution in [0.15, 0.2) is 35.2 Å². The predicted octanol–water partition coefficient (Wildman–Crippen LogP) is 3.13. The quantitative estimate of drug-likeness (QED) is 0.946. The predicted molar refractivity (Wildman–Crippen MR) is 63.4 cm³/mol. The van der Waals surface area contributed by atoms with Crippen molar-refractivity contribution in [1.29, 1.82) is 0 Å². The molecule has 1 aromatic carbocycles. The molecule has 2 rings (SSSR count). The van der Waals surface area contributed by atoms with E-state index in [9.17, 15) is 8.78 Å². The van der Waals surface area contributed by atoms with E-state index in [0.717, 1.165) is 6.07 Å². The van der Waals surface area contributed by atoms with Gasteiger partial charge in [0.15, 0.2) is 0 Å². The highest BCUT2D eigenvalue weighted by Gasteiger charge is 2.01. The van der Waals surface area contributed by atoms with Crippen molar-refractivity contribution in [1.82, 2.24) is 9.97 Å². The van der Waals surface area contributed by atoms with Gasteiger partial charge in [-0.25, -0.2) is 13.8 Å². The molecule has 6 heteroatoms. The highest BCUT2D eigenvalue weighted by atomic mass is 79.9. The maximum absolute atomic E-state index is 12.9. The Morgan fingerprint density at radius 3 is 2.47 bits per heavy atom. The normalized spacial score (nSPS) is 10.3. The molecule has 1 N–H and O–H groups in total. The molecule has 2 aromatic rings. The summed E-state index contributed by atoms with van der Waals surface area (Å²) >= 11 is 3.18. The summed E-state index contributed by atoms with van der Waals surface area (Å²) in [6, 6.07) is 3.37. The zero-order chi connectivity index (χ0) is 12.3. The van der Waals surface area contributed by atoms with Gasteiger partial charge in [0.05, 0.1) is 12.4 Å². The summed E-state index contributed by atoms with van der Waals surface area (Å²) in [4.78, 5) is 8.00. The number of benzene rings is 1. The van der Waals surface area contributed by atoms with E-state index in [2.05, 4.69) is 31.2 Å². The van der Waals surface area contributed by atoms with Gasteiger partial charge in [0, 0.05) is 12.6 Å². The fourth-order valence-electron chi connectivity index (χ4n) is 1.33. The number of hydrogen-bond donors (Lipinski definition) is 1. The average molecular weight is 300 g/mol. The molecule has 0 aliphatic rings. The second kappa shape index (κ2) is 5.18. The lowest BCUT2D eigenvalue weighted by Gasteiger charge is -2.05. The summed E-state index contributed by atoms with van der Waals surface area (Å²) in [5.41, 5.74) is 0.504. The SMILES string of the molecule is Fc1cc(F)cc(CNc2cncc(Br)n2)c1. The number of nitrogens with one attached hydrogen (secondary N) is 1. The van der Waals surface area contributed by atoms with Crippen molar-refractivity contribution in [2.45, 2.75) is 6.54 Å². The van der Waals surface area contributed by atoms with Gasteiger partial charge in [-0.1, -0.05) is 0 Å². The van der Waals surface area contributed by atoms with Gasteiger partial charge >= 0.3 is 0 Å². The van der Waals surface area contributed by atoms with E-state index < -0.39 is 11.6 Å². The van der Waals surface area contributed by atoms with E-state index in [4.69, 9.17) is 0 Å². The zero-order valence-electron chi connectivity index (χ0n) is 8.62. The van der Waals surface area contributed by atoms with Gasteiger partial charge in [-0.15, -0.1) is 0 Å². The summed E-state index contributed by atoms with van der Waals surface area (Å²) < 4.78 is 26.4. The van der Waals surface area contributed by atoms with E-state index in [1.807, 2.05) is 0 Å². The van der Waals surface area contributed by atoms with Crippen LogP contribution in [-0.2, 0) is 6.54 Å². The van der Waals surface area contributed by atoms with Crippen molar-refractivity contribution in [2.24, 2.45) is 0 Å². The molecule has 3 nitrogen and oxygen atoms in total. The Labute approximate surface area is 105 Å². The van der Waals surface area contributed by atoms with E-state index in [0.29, 0.717) is 16.0 Å². The third kappa shape index (κ3) is 3.45. The third-order valence-electron chi connectivity index (χ3n) is 2.00. The summed E-state index contributed by atoms with van der Waals surface area (Å²) in [6.45, 7) is 0.278. The molecule has 1 heterocycles. The zero-order valence-corrected chi connectivity index (χ0v) is 10.2. The van der Waals surface area contributed by atoms with Crippen molar-refractivity contribution in [2.75, 3.05) is 5.32 Å². The van der Waals surface area contributed by atoms with Gasteiger partial charge in [-0.3, -0.25) is 4.98 Å². The van der Waals surface area contributed by atoms with Crippen molar-refractivity contribution < 1.29 is 8.78 Å². The second-order valence-corrected chi connectivity index (χ2v) is 4.17. The van der Waals surface area contributed by atoms with Crippen LogP contribution in [0.1, 0.15) is 5.56 Å². The standard InChI is InChI=1S/C11H8BrF2N3/c12-10-5-15-6-11(17-10)16-4-7-1-8(13)3-9(14)2-7/h1-3,5-6H,4H2,(H,16,17). The maximum atomic E-state index is 12.9. The molecular weight excluding hydrogens is 292 g/mol. The van der Waals surface area contributed by atoms with Crippen LogP contribution in [0.3, 0.4) is 0 Å². The first-order valence-corrected chi connectivity index (χ1v) is 5.59. The summed E-state index contributed by atoms with van der Waals surface area (Å²) in [6.07, 6.45) is 3.08. The first kappa shape index (κ1) is 11.9. The smallest absolute Gasteiger partial charge is 0.146 e. The molecule has 0 amide bonds. The van der Waals surface area contributed by atoms with Gasteiger partial charge in [0.2, 0.25) is 0 Å². The van der Waals surface area contributed by atoms with Crippen LogP contribution < -0.4 is 5.32 Å². The molecule has 17 heavy (non-hydrogen) atoms. The fraction of sp³-hybridized carbons (Fsp3) is 0.0909. The molecule has 0 unspecified atom stereocenters. The summed E-state index contributed by atoms with van der Waals surface area (Å²) in [7, 11) is 0.